The van der Waals surface area contributed by atoms with Crippen LogP contribution in [0.1, 0.15) is 34.8 Å². The van der Waals surface area contributed by atoms with Crippen LogP contribution in [-0.4, -0.2) is 46.0 Å². The molecule has 3 heterocycles. The minimum absolute atomic E-state index is 0.00860. The summed E-state index contributed by atoms with van der Waals surface area (Å²) in [6.07, 6.45) is 8.74. The molecule has 114 valence electrons. The summed E-state index contributed by atoms with van der Waals surface area (Å²) in [5, 5.41) is 0. The van der Waals surface area contributed by atoms with Crippen LogP contribution in [0.15, 0.2) is 36.9 Å². The highest BCUT2D eigenvalue weighted by atomic mass is 16.5. The van der Waals surface area contributed by atoms with Gasteiger partial charge in [-0.05, 0) is 18.9 Å². The summed E-state index contributed by atoms with van der Waals surface area (Å²) in [5.74, 6) is 0.706. The summed E-state index contributed by atoms with van der Waals surface area (Å²) in [7, 11) is 1.54. The number of amides is 1. The lowest BCUT2D eigenvalue weighted by atomic mass is 9.94. The third kappa shape index (κ3) is 3.05. The Morgan fingerprint density at radius 2 is 2.23 bits per heavy atom. The van der Waals surface area contributed by atoms with E-state index >= 15 is 0 Å². The Morgan fingerprint density at radius 3 is 3.00 bits per heavy atom. The highest BCUT2D eigenvalue weighted by Crippen LogP contribution is 2.26. The zero-order chi connectivity index (χ0) is 15.4. The molecule has 6 nitrogen and oxygen atoms in total. The topological polar surface area (TPSA) is 68.2 Å². The van der Waals surface area contributed by atoms with Crippen LogP contribution < -0.4 is 4.74 Å². The minimum Gasteiger partial charge on any atom is -0.481 e. The highest BCUT2D eigenvalue weighted by molar-refractivity contribution is 5.94. The number of ether oxygens (including phenoxy) is 1. The first-order chi connectivity index (χ1) is 10.8. The van der Waals surface area contributed by atoms with Gasteiger partial charge in [0.15, 0.2) is 0 Å². The SMILES string of the molecule is COc1cc(C(=O)N2CCCC(c3cnccn3)C2)ccn1. The molecule has 0 aliphatic carbocycles. The fourth-order valence-corrected chi connectivity index (χ4v) is 2.76. The maximum absolute atomic E-state index is 12.7. The number of rotatable bonds is 3. The first-order valence-electron chi connectivity index (χ1n) is 7.33. The second kappa shape index (κ2) is 6.51. The maximum atomic E-state index is 12.7. The van der Waals surface area contributed by atoms with E-state index in [1.165, 1.54) is 0 Å². The molecular formula is C16H18N4O2. The summed E-state index contributed by atoms with van der Waals surface area (Å²) in [6, 6.07) is 3.39. The molecule has 1 aliphatic rings. The number of carbonyl (C=O) groups excluding carboxylic acids is 1. The van der Waals surface area contributed by atoms with Crippen molar-refractivity contribution in [2.45, 2.75) is 18.8 Å². The molecule has 1 amide bonds. The van der Waals surface area contributed by atoms with Gasteiger partial charge in [0.2, 0.25) is 5.88 Å². The molecule has 0 spiro atoms. The molecule has 0 aromatic carbocycles. The first kappa shape index (κ1) is 14.4. The normalized spacial score (nSPS) is 18.0. The average Bonchev–Trinajstić information content (AvgIpc) is 2.62. The predicted octanol–water partition coefficient (Wildman–Crippen LogP) is 1.90. The quantitative estimate of drug-likeness (QED) is 0.865. The molecule has 0 saturated carbocycles. The van der Waals surface area contributed by atoms with Gasteiger partial charge in [0.05, 0.1) is 12.8 Å². The number of carbonyl (C=O) groups is 1. The van der Waals surface area contributed by atoms with E-state index in [2.05, 4.69) is 15.0 Å². The summed E-state index contributed by atoms with van der Waals surface area (Å²) in [6.45, 7) is 1.43. The van der Waals surface area contributed by atoms with Crippen LogP contribution in [0.2, 0.25) is 0 Å². The first-order valence-corrected chi connectivity index (χ1v) is 7.33. The van der Waals surface area contributed by atoms with Gasteiger partial charge >= 0.3 is 0 Å². The van der Waals surface area contributed by atoms with Gasteiger partial charge in [0, 0.05) is 55.4 Å². The van der Waals surface area contributed by atoms with E-state index in [1.54, 1.807) is 44.0 Å². The van der Waals surface area contributed by atoms with Crippen molar-refractivity contribution in [3.8, 4) is 5.88 Å². The molecule has 0 bridgehead atoms. The number of aromatic nitrogens is 3. The Labute approximate surface area is 129 Å². The maximum Gasteiger partial charge on any atom is 0.254 e. The number of likely N-dealkylation sites (tertiary alicyclic amines) is 1. The molecular weight excluding hydrogens is 280 g/mol. The average molecular weight is 298 g/mol. The van der Waals surface area contributed by atoms with Crippen molar-refractivity contribution in [2.24, 2.45) is 0 Å². The van der Waals surface area contributed by atoms with Gasteiger partial charge in [-0.1, -0.05) is 0 Å². The van der Waals surface area contributed by atoms with Crippen LogP contribution >= 0.6 is 0 Å². The van der Waals surface area contributed by atoms with Crippen molar-refractivity contribution in [3.05, 3.63) is 48.2 Å². The summed E-state index contributed by atoms with van der Waals surface area (Å²) in [5.41, 5.74) is 1.55. The van der Waals surface area contributed by atoms with Gasteiger partial charge in [0.1, 0.15) is 0 Å². The molecule has 1 aliphatic heterocycles. The molecule has 1 fully saturated rings. The van der Waals surface area contributed by atoms with Crippen molar-refractivity contribution < 1.29 is 9.53 Å². The van der Waals surface area contributed by atoms with Crippen molar-refractivity contribution in [2.75, 3.05) is 20.2 Å². The zero-order valence-corrected chi connectivity index (χ0v) is 12.5. The third-order valence-electron chi connectivity index (χ3n) is 3.90. The molecule has 1 saturated heterocycles. The van der Waals surface area contributed by atoms with E-state index in [0.717, 1.165) is 25.1 Å². The second-order valence-corrected chi connectivity index (χ2v) is 5.31. The van der Waals surface area contributed by atoms with Crippen molar-refractivity contribution in [1.29, 1.82) is 0 Å². The van der Waals surface area contributed by atoms with E-state index in [-0.39, 0.29) is 11.8 Å². The fourth-order valence-electron chi connectivity index (χ4n) is 2.76. The fraction of sp³-hybridized carbons (Fsp3) is 0.375. The van der Waals surface area contributed by atoms with Crippen molar-refractivity contribution in [3.63, 3.8) is 0 Å². The standard InChI is InChI=1S/C16H18N4O2/c1-22-15-9-12(4-5-19-15)16(21)20-8-2-3-13(11-20)14-10-17-6-7-18-14/h4-7,9-10,13H,2-3,8,11H2,1H3. The lowest BCUT2D eigenvalue weighted by Crippen LogP contribution is -2.39. The molecule has 22 heavy (non-hydrogen) atoms. The summed E-state index contributed by atoms with van der Waals surface area (Å²) < 4.78 is 5.08. The van der Waals surface area contributed by atoms with E-state index in [9.17, 15) is 4.79 Å². The second-order valence-electron chi connectivity index (χ2n) is 5.31. The minimum atomic E-state index is 0.00860. The van der Waals surface area contributed by atoms with Crippen LogP contribution in [0.5, 0.6) is 5.88 Å². The Hall–Kier alpha value is -2.50. The van der Waals surface area contributed by atoms with Gasteiger partial charge in [-0.3, -0.25) is 14.8 Å². The number of hydrogen-bond donors (Lipinski definition) is 0. The van der Waals surface area contributed by atoms with Gasteiger partial charge in [-0.2, -0.15) is 0 Å². The number of piperidine rings is 1. The van der Waals surface area contributed by atoms with Gasteiger partial charge in [-0.15, -0.1) is 0 Å². The van der Waals surface area contributed by atoms with Crippen molar-refractivity contribution >= 4 is 5.91 Å². The third-order valence-corrected chi connectivity index (χ3v) is 3.90. The molecule has 0 N–H and O–H groups in total. The van der Waals surface area contributed by atoms with Gasteiger partial charge in [-0.25, -0.2) is 4.98 Å². The molecule has 3 rings (SSSR count). The molecule has 1 atom stereocenters. The summed E-state index contributed by atoms with van der Waals surface area (Å²) in [4.78, 5) is 27.0. The van der Waals surface area contributed by atoms with Gasteiger partial charge in [0.25, 0.3) is 5.91 Å². The van der Waals surface area contributed by atoms with E-state index in [0.29, 0.717) is 18.0 Å². The molecule has 0 radical (unpaired) electrons. The number of hydrogen-bond acceptors (Lipinski definition) is 5. The number of methoxy groups -OCH3 is 1. The van der Waals surface area contributed by atoms with Gasteiger partial charge < -0.3 is 9.64 Å². The Bertz CT molecular complexity index is 648. The van der Waals surface area contributed by atoms with Crippen LogP contribution in [0.4, 0.5) is 0 Å². The molecule has 2 aromatic heterocycles. The van der Waals surface area contributed by atoms with E-state index < -0.39 is 0 Å². The Morgan fingerprint density at radius 1 is 1.32 bits per heavy atom. The van der Waals surface area contributed by atoms with Crippen molar-refractivity contribution in [1.82, 2.24) is 19.9 Å². The van der Waals surface area contributed by atoms with E-state index in [4.69, 9.17) is 4.74 Å². The van der Waals surface area contributed by atoms with Crippen LogP contribution in [0.3, 0.4) is 0 Å². The monoisotopic (exact) mass is 298 g/mol. The predicted molar refractivity (Wildman–Crippen MR) is 80.7 cm³/mol. The van der Waals surface area contributed by atoms with Crippen LogP contribution in [-0.2, 0) is 0 Å². The zero-order valence-electron chi connectivity index (χ0n) is 12.5. The Balaban J connectivity index is 1.75. The van der Waals surface area contributed by atoms with E-state index in [1.807, 2.05) is 4.90 Å². The van der Waals surface area contributed by atoms with Crippen LogP contribution in [0.25, 0.3) is 0 Å². The lowest BCUT2D eigenvalue weighted by molar-refractivity contribution is 0.0705. The number of nitrogens with zero attached hydrogens (tertiary/aromatic N) is 4. The summed E-state index contributed by atoms with van der Waals surface area (Å²) >= 11 is 0. The highest BCUT2D eigenvalue weighted by Gasteiger charge is 2.26. The number of pyridine rings is 1. The Kier molecular flexibility index (Phi) is 4.27. The lowest BCUT2D eigenvalue weighted by Gasteiger charge is -2.32. The van der Waals surface area contributed by atoms with Crippen LogP contribution in [0, 0.1) is 0 Å². The molecule has 2 aromatic rings. The molecule has 1 unspecified atom stereocenters. The smallest absolute Gasteiger partial charge is 0.254 e. The molecule has 6 heteroatoms. The largest absolute Gasteiger partial charge is 0.481 e.